The van der Waals surface area contributed by atoms with Crippen molar-refractivity contribution in [2.45, 2.75) is 6.54 Å². The maximum absolute atomic E-state index is 5.17. The van der Waals surface area contributed by atoms with Gasteiger partial charge in [-0.25, -0.2) is 0 Å². The van der Waals surface area contributed by atoms with Crippen molar-refractivity contribution in [1.82, 2.24) is 10.3 Å². The molecule has 56 valence electrons. The summed E-state index contributed by atoms with van der Waals surface area (Å²) >= 11 is 0. The van der Waals surface area contributed by atoms with E-state index in [4.69, 9.17) is 6.42 Å². The highest BCUT2D eigenvalue weighted by atomic mass is 14.8. The highest BCUT2D eigenvalue weighted by Crippen LogP contribution is 1.97. The van der Waals surface area contributed by atoms with E-state index in [0.717, 1.165) is 17.8 Å². The molecule has 1 N–H and O–H groups in total. The molecule has 0 aliphatic rings. The molecule has 0 bridgehead atoms. The quantitative estimate of drug-likeness (QED) is 0.624. The minimum absolute atomic E-state index is 0.783. The Hall–Kier alpha value is -1.33. The van der Waals surface area contributed by atoms with Crippen molar-refractivity contribution in [2.24, 2.45) is 0 Å². The van der Waals surface area contributed by atoms with Crippen molar-refractivity contribution in [3.05, 3.63) is 29.6 Å². The van der Waals surface area contributed by atoms with E-state index in [2.05, 4.69) is 16.2 Å². The lowest BCUT2D eigenvalue weighted by Gasteiger charge is -1.97. The van der Waals surface area contributed by atoms with Gasteiger partial charge in [0, 0.05) is 18.3 Å². The van der Waals surface area contributed by atoms with Crippen molar-refractivity contribution in [1.29, 1.82) is 0 Å². The van der Waals surface area contributed by atoms with Crippen LogP contribution in [0.2, 0.25) is 0 Å². The lowest BCUT2D eigenvalue weighted by atomic mass is 10.2. The van der Waals surface area contributed by atoms with Crippen molar-refractivity contribution in [2.75, 3.05) is 7.05 Å². The van der Waals surface area contributed by atoms with E-state index >= 15 is 0 Å². The molecule has 0 aliphatic carbocycles. The van der Waals surface area contributed by atoms with Crippen LogP contribution in [-0.2, 0) is 6.54 Å². The largest absolute Gasteiger partial charge is 0.314 e. The average molecular weight is 146 g/mol. The highest BCUT2D eigenvalue weighted by Gasteiger charge is 1.90. The van der Waals surface area contributed by atoms with E-state index in [1.165, 1.54) is 0 Å². The number of nitrogens with zero attached hydrogens (tertiary/aromatic N) is 1. The molecule has 0 fully saturated rings. The van der Waals surface area contributed by atoms with Crippen LogP contribution in [0.1, 0.15) is 11.3 Å². The van der Waals surface area contributed by atoms with Crippen molar-refractivity contribution in [3.8, 4) is 12.3 Å². The van der Waals surface area contributed by atoms with Crippen LogP contribution in [-0.4, -0.2) is 12.0 Å². The predicted molar refractivity (Wildman–Crippen MR) is 44.9 cm³/mol. The molecule has 0 atom stereocenters. The van der Waals surface area contributed by atoms with Gasteiger partial charge in [0.2, 0.25) is 0 Å². The molecule has 0 unspecified atom stereocenters. The Morgan fingerprint density at radius 3 is 2.91 bits per heavy atom. The van der Waals surface area contributed by atoms with Crippen LogP contribution < -0.4 is 5.32 Å². The molecule has 0 saturated heterocycles. The summed E-state index contributed by atoms with van der Waals surface area (Å²) in [5, 5.41) is 3.01. The van der Waals surface area contributed by atoms with Gasteiger partial charge in [0.1, 0.15) is 0 Å². The first-order chi connectivity index (χ1) is 5.36. The van der Waals surface area contributed by atoms with E-state index in [1.54, 1.807) is 6.20 Å². The average Bonchev–Trinajstić information content (AvgIpc) is 2.07. The molecule has 0 radical (unpaired) electrons. The Balaban J connectivity index is 2.76. The summed E-state index contributed by atoms with van der Waals surface area (Å²) in [5.74, 6) is 2.51. The third-order valence-corrected chi connectivity index (χ3v) is 1.35. The lowest BCUT2D eigenvalue weighted by Crippen LogP contribution is -2.06. The molecule has 2 heteroatoms. The Bertz CT molecular complexity index is 256. The fourth-order valence-electron chi connectivity index (χ4n) is 0.796. The second kappa shape index (κ2) is 3.75. The zero-order valence-electron chi connectivity index (χ0n) is 6.46. The fourth-order valence-corrected chi connectivity index (χ4v) is 0.796. The lowest BCUT2D eigenvalue weighted by molar-refractivity contribution is 0.791. The molecule has 1 rings (SSSR count). The van der Waals surface area contributed by atoms with Crippen molar-refractivity contribution in [3.63, 3.8) is 0 Å². The first-order valence-corrected chi connectivity index (χ1v) is 3.43. The summed E-state index contributed by atoms with van der Waals surface area (Å²) in [5.41, 5.74) is 1.83. The molecule has 0 spiro atoms. The molecule has 0 aliphatic heterocycles. The van der Waals surface area contributed by atoms with Crippen LogP contribution in [0.15, 0.2) is 18.3 Å². The molecule has 1 aromatic rings. The normalized spacial score (nSPS) is 9.09. The SMILES string of the molecule is C#Cc1ccc(CNC)nc1. The maximum Gasteiger partial charge on any atom is 0.0542 e. The third-order valence-electron chi connectivity index (χ3n) is 1.35. The van der Waals surface area contributed by atoms with E-state index in [0.29, 0.717) is 0 Å². The maximum atomic E-state index is 5.17. The molecule has 0 aromatic carbocycles. The number of nitrogens with one attached hydrogen (secondary N) is 1. The smallest absolute Gasteiger partial charge is 0.0542 e. The van der Waals surface area contributed by atoms with Gasteiger partial charge in [0.15, 0.2) is 0 Å². The molecule has 0 saturated carbocycles. The summed E-state index contributed by atoms with van der Waals surface area (Å²) in [6.07, 6.45) is 6.87. The standard InChI is InChI=1S/C9H10N2/c1-3-8-4-5-9(7-10-2)11-6-8/h1,4-6,10H,7H2,2H3. The van der Waals surface area contributed by atoms with Gasteiger partial charge in [-0.15, -0.1) is 6.42 Å². The summed E-state index contributed by atoms with van der Waals surface area (Å²) in [4.78, 5) is 4.13. The number of aromatic nitrogens is 1. The number of rotatable bonds is 2. The minimum Gasteiger partial charge on any atom is -0.314 e. The van der Waals surface area contributed by atoms with Gasteiger partial charge >= 0.3 is 0 Å². The van der Waals surface area contributed by atoms with Crippen LogP contribution in [0.4, 0.5) is 0 Å². The zero-order valence-corrected chi connectivity index (χ0v) is 6.46. The molecule has 1 heterocycles. The minimum atomic E-state index is 0.783. The van der Waals surface area contributed by atoms with Crippen LogP contribution in [0.3, 0.4) is 0 Å². The van der Waals surface area contributed by atoms with Crippen molar-refractivity contribution >= 4 is 0 Å². The van der Waals surface area contributed by atoms with Gasteiger partial charge in [-0.05, 0) is 19.2 Å². The molecular weight excluding hydrogens is 136 g/mol. The Morgan fingerprint density at radius 2 is 2.45 bits per heavy atom. The van der Waals surface area contributed by atoms with Crippen LogP contribution in [0.5, 0.6) is 0 Å². The van der Waals surface area contributed by atoms with Crippen LogP contribution in [0, 0.1) is 12.3 Å². The van der Waals surface area contributed by atoms with E-state index in [-0.39, 0.29) is 0 Å². The summed E-state index contributed by atoms with van der Waals surface area (Å²) in [6, 6.07) is 3.81. The van der Waals surface area contributed by atoms with Gasteiger partial charge in [-0.3, -0.25) is 4.98 Å². The number of pyridine rings is 1. The second-order valence-electron chi connectivity index (χ2n) is 2.21. The Labute approximate surface area is 66.7 Å². The van der Waals surface area contributed by atoms with Gasteiger partial charge < -0.3 is 5.32 Å². The fraction of sp³-hybridized carbons (Fsp3) is 0.222. The van der Waals surface area contributed by atoms with Gasteiger partial charge in [-0.2, -0.15) is 0 Å². The topological polar surface area (TPSA) is 24.9 Å². The third kappa shape index (κ3) is 2.06. The van der Waals surface area contributed by atoms with Gasteiger partial charge in [0.05, 0.1) is 5.69 Å². The summed E-state index contributed by atoms with van der Waals surface area (Å²) < 4.78 is 0. The first-order valence-electron chi connectivity index (χ1n) is 3.43. The molecular formula is C9H10N2. The van der Waals surface area contributed by atoms with Gasteiger partial charge in [0.25, 0.3) is 0 Å². The second-order valence-corrected chi connectivity index (χ2v) is 2.21. The molecule has 2 nitrogen and oxygen atoms in total. The van der Waals surface area contributed by atoms with E-state index in [9.17, 15) is 0 Å². The summed E-state index contributed by atoms with van der Waals surface area (Å²) in [7, 11) is 1.89. The molecule has 11 heavy (non-hydrogen) atoms. The predicted octanol–water partition coefficient (Wildman–Crippen LogP) is 0.782. The monoisotopic (exact) mass is 146 g/mol. The number of terminal acetylenes is 1. The number of hydrogen-bond acceptors (Lipinski definition) is 2. The highest BCUT2D eigenvalue weighted by molar-refractivity contribution is 5.29. The van der Waals surface area contributed by atoms with E-state index < -0.39 is 0 Å². The number of hydrogen-bond donors (Lipinski definition) is 1. The van der Waals surface area contributed by atoms with Crippen LogP contribution in [0.25, 0.3) is 0 Å². The Morgan fingerprint density at radius 1 is 1.64 bits per heavy atom. The summed E-state index contributed by atoms with van der Waals surface area (Å²) in [6.45, 7) is 0.783. The van der Waals surface area contributed by atoms with Crippen molar-refractivity contribution < 1.29 is 0 Å². The van der Waals surface area contributed by atoms with Crippen LogP contribution >= 0.6 is 0 Å². The zero-order chi connectivity index (χ0) is 8.10. The molecule has 1 aromatic heterocycles. The Kier molecular flexibility index (Phi) is 2.65. The first kappa shape index (κ1) is 7.77. The molecule has 0 amide bonds. The van der Waals surface area contributed by atoms with E-state index in [1.807, 2.05) is 19.2 Å². The van der Waals surface area contributed by atoms with Gasteiger partial charge in [-0.1, -0.05) is 5.92 Å².